The molecule has 0 bridgehead atoms. The molecule has 5 heteroatoms. The van der Waals surface area contributed by atoms with Crippen LogP contribution in [0.25, 0.3) is 0 Å². The molecule has 0 aliphatic rings. The van der Waals surface area contributed by atoms with Crippen molar-refractivity contribution in [3.8, 4) is 0 Å². The van der Waals surface area contributed by atoms with Crippen LogP contribution in [0.2, 0.25) is 0 Å². The standard InChI is InChI=1S/C3H8OS.2CH3.2B.W/c1-3-4-5-2;;;;;/h3H2,1-2H3;2*1H3;;;/q;2*-1;;;+2. The van der Waals surface area contributed by atoms with Gasteiger partial charge in [0.15, 0.2) is 0 Å². The molecule has 0 N–H and O–H groups in total. The Labute approximate surface area is 88.7 Å². The van der Waals surface area contributed by atoms with Gasteiger partial charge in [0, 0.05) is 23.1 Å². The third kappa shape index (κ3) is 61.6. The zero-order valence-corrected chi connectivity index (χ0v) is 10.8. The monoisotopic (exact) mass is 328 g/mol. The van der Waals surface area contributed by atoms with Crippen LogP contribution in [-0.4, -0.2) is 29.7 Å². The Kier molecular flexibility index (Phi) is 215. The van der Waals surface area contributed by atoms with Gasteiger partial charge in [-0.05, 0) is 19.0 Å². The number of rotatable bonds is 2. The summed E-state index contributed by atoms with van der Waals surface area (Å²) in [4.78, 5) is 0. The summed E-state index contributed by atoms with van der Waals surface area (Å²) in [6.07, 6.45) is 1.91. The van der Waals surface area contributed by atoms with Crippen LogP contribution in [0.3, 0.4) is 0 Å². The van der Waals surface area contributed by atoms with E-state index in [9.17, 15) is 0 Å². The van der Waals surface area contributed by atoms with Crippen molar-refractivity contribution in [2.24, 2.45) is 0 Å². The molecule has 0 aromatic rings. The van der Waals surface area contributed by atoms with Crippen molar-refractivity contribution in [3.63, 3.8) is 0 Å². The molecule has 58 valence electrons. The summed E-state index contributed by atoms with van der Waals surface area (Å²) in [5, 5.41) is 0. The molecule has 0 spiro atoms. The maximum absolute atomic E-state index is 4.75. The van der Waals surface area contributed by atoms with E-state index in [4.69, 9.17) is 4.18 Å². The first-order valence-corrected chi connectivity index (χ1v) is 2.72. The number of hydrogen-bond donors (Lipinski definition) is 0. The maximum atomic E-state index is 4.75. The maximum Gasteiger partial charge on any atom is 2.00 e. The second kappa shape index (κ2) is 49.5. The van der Waals surface area contributed by atoms with Crippen LogP contribution in [0.4, 0.5) is 0 Å². The van der Waals surface area contributed by atoms with Crippen molar-refractivity contribution in [2.75, 3.05) is 12.9 Å². The van der Waals surface area contributed by atoms with Gasteiger partial charge in [-0.15, -0.1) is 0 Å². The molecule has 0 saturated carbocycles. The van der Waals surface area contributed by atoms with Crippen LogP contribution < -0.4 is 0 Å². The fourth-order valence-corrected chi connectivity index (χ4v) is 0.354. The van der Waals surface area contributed by atoms with E-state index in [-0.39, 0.29) is 52.7 Å². The Balaban J connectivity index is -0.00000000800. The van der Waals surface area contributed by atoms with Gasteiger partial charge in [-0.3, -0.25) is 0 Å². The fraction of sp³-hybridized carbons (Fsp3) is 0.600. The van der Waals surface area contributed by atoms with Crippen molar-refractivity contribution in [2.45, 2.75) is 6.92 Å². The summed E-state index contributed by atoms with van der Waals surface area (Å²) >= 11 is 1.40. The second-order valence-electron chi connectivity index (χ2n) is 0.573. The number of hydrogen-bond acceptors (Lipinski definition) is 2. The van der Waals surface area contributed by atoms with Gasteiger partial charge in [0.2, 0.25) is 0 Å². The van der Waals surface area contributed by atoms with E-state index >= 15 is 0 Å². The third-order valence-electron chi connectivity index (χ3n) is 0.236. The Morgan fingerprint density at radius 3 is 1.50 bits per heavy atom. The molecule has 0 aliphatic carbocycles. The molecular weight excluding hydrogens is 314 g/mol. The molecule has 0 atom stereocenters. The van der Waals surface area contributed by atoms with Crippen LogP contribution >= 0.6 is 12.0 Å². The van der Waals surface area contributed by atoms with E-state index in [1.807, 2.05) is 13.2 Å². The van der Waals surface area contributed by atoms with Gasteiger partial charge in [0.1, 0.15) is 0 Å². The summed E-state index contributed by atoms with van der Waals surface area (Å²) in [6.45, 7) is 2.78. The summed E-state index contributed by atoms with van der Waals surface area (Å²) in [5.41, 5.74) is 0. The molecule has 0 amide bonds. The quantitative estimate of drug-likeness (QED) is 0.431. The van der Waals surface area contributed by atoms with Crippen LogP contribution in [0.5, 0.6) is 0 Å². The molecule has 0 aromatic carbocycles. The average Bonchev–Trinajstić information content (AvgIpc) is 1.41. The van der Waals surface area contributed by atoms with Crippen LogP contribution in [0.15, 0.2) is 0 Å². The van der Waals surface area contributed by atoms with Crippen molar-refractivity contribution in [1.82, 2.24) is 0 Å². The Hall–Kier alpha value is 1.13. The van der Waals surface area contributed by atoms with E-state index in [1.54, 1.807) is 0 Å². The van der Waals surface area contributed by atoms with E-state index in [0.717, 1.165) is 6.61 Å². The third-order valence-corrected chi connectivity index (χ3v) is 0.707. The van der Waals surface area contributed by atoms with E-state index < -0.39 is 0 Å². The van der Waals surface area contributed by atoms with Gasteiger partial charge in [0.05, 0.1) is 6.61 Å². The van der Waals surface area contributed by atoms with Crippen molar-refractivity contribution < 1.29 is 25.2 Å². The Morgan fingerprint density at radius 2 is 1.50 bits per heavy atom. The normalized spacial score (nSPS) is 4.20. The minimum Gasteiger partial charge on any atom is -0.358 e. The molecule has 0 heterocycles. The SMILES string of the molecule is CCOSC.[B].[B].[CH3-].[CH3-].[W+2]. The Bertz CT molecular complexity index is 27.1. The zero-order chi connectivity index (χ0) is 4.12. The predicted octanol–water partition coefficient (Wildman–Crippen LogP) is 1.44. The van der Waals surface area contributed by atoms with Gasteiger partial charge < -0.3 is 19.0 Å². The summed E-state index contributed by atoms with van der Waals surface area (Å²) < 4.78 is 4.75. The molecular formula is C5H14B2OSW. The summed E-state index contributed by atoms with van der Waals surface area (Å²) in [6, 6.07) is 0. The predicted molar refractivity (Wildman–Crippen MR) is 49.5 cm³/mol. The van der Waals surface area contributed by atoms with Gasteiger partial charge in [-0.25, -0.2) is 0 Å². The van der Waals surface area contributed by atoms with Gasteiger partial charge in [-0.2, -0.15) is 0 Å². The largest absolute Gasteiger partial charge is 2.00 e. The summed E-state index contributed by atoms with van der Waals surface area (Å²) in [5.74, 6) is 0. The first kappa shape index (κ1) is 43.4. The van der Waals surface area contributed by atoms with Crippen molar-refractivity contribution >= 4 is 28.9 Å². The van der Waals surface area contributed by atoms with Crippen LogP contribution in [0, 0.1) is 14.9 Å². The molecule has 10 heavy (non-hydrogen) atoms. The van der Waals surface area contributed by atoms with E-state index in [2.05, 4.69) is 0 Å². The molecule has 0 saturated heterocycles. The zero-order valence-electron chi connectivity index (χ0n) is 7.09. The van der Waals surface area contributed by atoms with Crippen LogP contribution in [0.1, 0.15) is 6.92 Å². The molecule has 0 aromatic heterocycles. The topological polar surface area (TPSA) is 9.23 Å². The fourth-order valence-electron chi connectivity index (χ4n) is 0.118. The minimum atomic E-state index is 0. The Morgan fingerprint density at radius 1 is 1.20 bits per heavy atom. The molecule has 0 fully saturated rings. The minimum absolute atomic E-state index is 0. The van der Waals surface area contributed by atoms with Gasteiger partial charge >= 0.3 is 21.1 Å². The average molecular weight is 328 g/mol. The van der Waals surface area contributed by atoms with E-state index in [0.29, 0.717) is 0 Å². The first-order chi connectivity index (χ1) is 2.41. The molecule has 0 aliphatic heterocycles. The van der Waals surface area contributed by atoms with Crippen molar-refractivity contribution in [3.05, 3.63) is 14.9 Å². The van der Waals surface area contributed by atoms with E-state index in [1.165, 1.54) is 12.0 Å². The van der Waals surface area contributed by atoms with Gasteiger partial charge in [-0.1, -0.05) is 0 Å². The van der Waals surface area contributed by atoms with Crippen molar-refractivity contribution in [1.29, 1.82) is 0 Å². The first-order valence-electron chi connectivity index (χ1n) is 1.57. The smallest absolute Gasteiger partial charge is 0.358 e. The molecule has 0 rings (SSSR count). The van der Waals surface area contributed by atoms with Gasteiger partial charge in [0.25, 0.3) is 0 Å². The summed E-state index contributed by atoms with van der Waals surface area (Å²) in [7, 11) is 0. The molecule has 6 radical (unpaired) electrons. The molecule has 1 nitrogen and oxygen atoms in total. The molecule has 0 unspecified atom stereocenters. The van der Waals surface area contributed by atoms with Crippen LogP contribution in [-0.2, 0) is 25.2 Å². The second-order valence-corrected chi connectivity index (χ2v) is 1.14.